The summed E-state index contributed by atoms with van der Waals surface area (Å²) >= 11 is 1.04. The molecule has 0 saturated carbocycles. The number of allylic oxidation sites excluding steroid dienone is 1. The van der Waals surface area contributed by atoms with Crippen LogP contribution in [0.25, 0.3) is 0 Å². The summed E-state index contributed by atoms with van der Waals surface area (Å²) < 4.78 is 21.2. The number of methoxy groups -OCH3 is 3. The van der Waals surface area contributed by atoms with Crippen LogP contribution < -0.4 is 31.5 Å². The number of ether oxygens (including phenoxy) is 3. The molecule has 190 valence electrons. The van der Waals surface area contributed by atoms with E-state index in [2.05, 4.69) is 25.8 Å². The molecule has 0 fully saturated rings. The highest BCUT2D eigenvalue weighted by Crippen LogP contribution is 2.31. The van der Waals surface area contributed by atoms with Crippen molar-refractivity contribution in [3.8, 4) is 11.5 Å². The van der Waals surface area contributed by atoms with Crippen LogP contribution in [-0.4, -0.2) is 49.8 Å². The third-order valence-corrected chi connectivity index (χ3v) is 5.49. The summed E-state index contributed by atoms with van der Waals surface area (Å²) in [7, 11) is 4.44. The zero-order valence-corrected chi connectivity index (χ0v) is 20.9. The highest BCUT2D eigenvalue weighted by Gasteiger charge is 2.23. The lowest BCUT2D eigenvalue weighted by atomic mass is 10.1. The summed E-state index contributed by atoms with van der Waals surface area (Å²) in [6.07, 6.45) is 2.95. The number of carbonyl (C=O) groups excluding carboxylic acids is 1. The molecule has 0 saturated heterocycles. The van der Waals surface area contributed by atoms with Crippen LogP contribution in [0.1, 0.15) is 29.1 Å². The summed E-state index contributed by atoms with van der Waals surface area (Å²) in [5.74, 6) is -0.442. The Hall–Kier alpha value is -4.23. The first-order valence-electron chi connectivity index (χ1n) is 10.6. The van der Waals surface area contributed by atoms with Crippen molar-refractivity contribution in [2.24, 2.45) is 10.7 Å². The fourth-order valence-corrected chi connectivity index (χ4v) is 3.88. The number of nitrogens with zero attached hydrogens (tertiary/aromatic N) is 3. The Balaban J connectivity index is 1.89. The number of carbonyl (C=O) groups is 1. The fourth-order valence-electron chi connectivity index (χ4n) is 3.21. The molecule has 0 bridgehead atoms. The molecule has 0 aliphatic carbocycles. The maximum Gasteiger partial charge on any atom is 0.381 e. The maximum atomic E-state index is 12.9. The number of hydrogen-bond acceptors (Lipinski definition) is 12. The number of para-hydroxylation sites is 1. The standard InChI is InChI=1S/C23H26N6O6S/c1-13(9-10-24)25-22-28-29-23(36-22)27-20(30)18-11-15(19(34-4)21(31)35-18)26-16(12-32-2)14-7-5-6-8-17(14)33-3/h5-11,16,26H,12,24H2,1-4H3,(H,27,29,30). The van der Waals surface area contributed by atoms with Crippen molar-refractivity contribution in [2.75, 3.05) is 38.6 Å². The summed E-state index contributed by atoms with van der Waals surface area (Å²) in [6, 6.07) is 8.29. The molecule has 0 aliphatic heterocycles. The van der Waals surface area contributed by atoms with Gasteiger partial charge in [-0.05, 0) is 25.3 Å². The third kappa shape index (κ3) is 6.46. The molecule has 3 rings (SSSR count). The van der Waals surface area contributed by atoms with Crippen molar-refractivity contribution in [1.29, 1.82) is 0 Å². The van der Waals surface area contributed by atoms with Gasteiger partial charge in [0.25, 0.3) is 5.91 Å². The van der Waals surface area contributed by atoms with E-state index in [-0.39, 0.29) is 28.9 Å². The van der Waals surface area contributed by atoms with Crippen LogP contribution in [0, 0.1) is 0 Å². The van der Waals surface area contributed by atoms with Gasteiger partial charge in [-0.2, -0.15) is 0 Å². The number of nitrogens with one attached hydrogen (secondary N) is 2. The Morgan fingerprint density at radius 3 is 2.72 bits per heavy atom. The van der Waals surface area contributed by atoms with E-state index in [4.69, 9.17) is 24.4 Å². The number of nitrogens with two attached hydrogens (primary N) is 1. The van der Waals surface area contributed by atoms with Gasteiger partial charge in [-0.1, -0.05) is 29.5 Å². The summed E-state index contributed by atoms with van der Waals surface area (Å²) in [4.78, 5) is 29.7. The molecule has 36 heavy (non-hydrogen) atoms. The first-order chi connectivity index (χ1) is 17.4. The van der Waals surface area contributed by atoms with Gasteiger partial charge in [0, 0.05) is 24.5 Å². The molecule has 4 N–H and O–H groups in total. The highest BCUT2D eigenvalue weighted by atomic mass is 32.1. The molecule has 2 heterocycles. The molecule has 1 atom stereocenters. The van der Waals surface area contributed by atoms with Gasteiger partial charge in [0.05, 0.1) is 32.6 Å². The van der Waals surface area contributed by atoms with Gasteiger partial charge in [-0.15, -0.1) is 10.2 Å². The van der Waals surface area contributed by atoms with E-state index in [9.17, 15) is 9.59 Å². The normalized spacial score (nSPS) is 12.4. The van der Waals surface area contributed by atoms with Crippen molar-refractivity contribution in [1.82, 2.24) is 10.2 Å². The number of benzene rings is 1. The van der Waals surface area contributed by atoms with Crippen LogP contribution in [0.2, 0.25) is 0 Å². The summed E-state index contributed by atoms with van der Waals surface area (Å²) in [6.45, 7) is 1.98. The Morgan fingerprint density at radius 1 is 1.25 bits per heavy atom. The Labute approximate surface area is 210 Å². The lowest BCUT2D eigenvalue weighted by Crippen LogP contribution is -2.21. The predicted molar refractivity (Wildman–Crippen MR) is 137 cm³/mol. The second-order valence-corrected chi connectivity index (χ2v) is 8.15. The molecular weight excluding hydrogens is 488 g/mol. The molecule has 1 amide bonds. The molecule has 0 aliphatic rings. The van der Waals surface area contributed by atoms with Crippen LogP contribution >= 0.6 is 11.3 Å². The number of rotatable bonds is 11. The number of aliphatic imine (C=N–C) groups is 1. The zero-order valence-electron chi connectivity index (χ0n) is 20.1. The first kappa shape index (κ1) is 26.4. The molecule has 1 aromatic carbocycles. The smallest absolute Gasteiger partial charge is 0.381 e. The second kappa shape index (κ2) is 12.5. The van der Waals surface area contributed by atoms with E-state index in [0.29, 0.717) is 16.6 Å². The van der Waals surface area contributed by atoms with Gasteiger partial charge in [-0.25, -0.2) is 9.79 Å². The lowest BCUT2D eigenvalue weighted by Gasteiger charge is -2.22. The Morgan fingerprint density at radius 2 is 2.03 bits per heavy atom. The summed E-state index contributed by atoms with van der Waals surface area (Å²) in [5.41, 5.74) is 6.14. The Bertz CT molecular complexity index is 1320. The Kier molecular flexibility index (Phi) is 9.13. The fraction of sp³-hybridized carbons (Fsp3) is 0.261. The molecule has 0 spiro atoms. The minimum Gasteiger partial charge on any atom is -0.496 e. The number of hydrogen-bond donors (Lipinski definition) is 3. The number of amides is 1. The zero-order chi connectivity index (χ0) is 26.1. The predicted octanol–water partition coefficient (Wildman–Crippen LogP) is 3.13. The molecule has 1 unspecified atom stereocenters. The largest absolute Gasteiger partial charge is 0.496 e. The molecular formula is C23H26N6O6S. The lowest BCUT2D eigenvalue weighted by molar-refractivity contribution is 0.0991. The minimum atomic E-state index is -0.837. The molecule has 12 nitrogen and oxygen atoms in total. The second-order valence-electron chi connectivity index (χ2n) is 7.20. The number of aromatic nitrogens is 2. The van der Waals surface area contributed by atoms with E-state index in [1.807, 2.05) is 24.3 Å². The van der Waals surface area contributed by atoms with Gasteiger partial charge in [-0.3, -0.25) is 10.1 Å². The molecule has 0 radical (unpaired) electrons. The van der Waals surface area contributed by atoms with E-state index in [1.54, 1.807) is 27.2 Å². The maximum absolute atomic E-state index is 12.9. The molecule has 3 aromatic rings. The highest BCUT2D eigenvalue weighted by molar-refractivity contribution is 7.18. The monoisotopic (exact) mass is 514 g/mol. The third-order valence-electron chi connectivity index (χ3n) is 4.76. The molecule has 13 heteroatoms. The van der Waals surface area contributed by atoms with E-state index in [1.165, 1.54) is 19.4 Å². The van der Waals surface area contributed by atoms with Crippen molar-refractivity contribution >= 4 is 38.9 Å². The average Bonchev–Trinajstić information content (AvgIpc) is 3.29. The van der Waals surface area contributed by atoms with Crippen LogP contribution in [0.15, 0.2) is 56.8 Å². The van der Waals surface area contributed by atoms with Crippen molar-refractivity contribution in [3.05, 3.63) is 64.4 Å². The first-order valence-corrected chi connectivity index (χ1v) is 11.4. The minimum absolute atomic E-state index is 0.0986. The van der Waals surface area contributed by atoms with E-state index in [0.717, 1.165) is 16.9 Å². The SMILES string of the molecule is COCC(Nc1cc(C(=O)Nc2nnc(N=C(C)C=CN)s2)oc(=O)c1OC)c1ccccc1OC. The average molecular weight is 515 g/mol. The van der Waals surface area contributed by atoms with Gasteiger partial charge in [0.2, 0.25) is 16.0 Å². The topological polar surface area (TPSA) is 163 Å². The number of anilines is 2. The van der Waals surface area contributed by atoms with Crippen LogP contribution in [0.4, 0.5) is 16.0 Å². The van der Waals surface area contributed by atoms with Gasteiger partial charge in [0.1, 0.15) is 5.75 Å². The van der Waals surface area contributed by atoms with Crippen LogP contribution in [0.3, 0.4) is 0 Å². The van der Waals surface area contributed by atoms with Gasteiger partial charge in [0.15, 0.2) is 5.76 Å². The van der Waals surface area contributed by atoms with Crippen molar-refractivity contribution in [3.63, 3.8) is 0 Å². The molecule has 2 aromatic heterocycles. The quantitative estimate of drug-likeness (QED) is 0.324. The van der Waals surface area contributed by atoms with Gasteiger partial charge < -0.3 is 29.7 Å². The van der Waals surface area contributed by atoms with Gasteiger partial charge >= 0.3 is 5.63 Å². The van der Waals surface area contributed by atoms with E-state index < -0.39 is 17.6 Å². The van der Waals surface area contributed by atoms with Crippen LogP contribution in [-0.2, 0) is 4.74 Å². The van der Waals surface area contributed by atoms with Crippen molar-refractivity contribution < 1.29 is 23.4 Å². The van der Waals surface area contributed by atoms with E-state index >= 15 is 0 Å². The van der Waals surface area contributed by atoms with Crippen LogP contribution in [0.5, 0.6) is 11.5 Å². The van der Waals surface area contributed by atoms with Crippen molar-refractivity contribution in [2.45, 2.75) is 13.0 Å². The summed E-state index contributed by atoms with van der Waals surface area (Å²) in [5, 5.41) is 14.0.